The predicted molar refractivity (Wildman–Crippen MR) is 57.8 cm³/mol. The maximum absolute atomic E-state index is 10.9. The molecule has 4 nitrogen and oxygen atoms in total. The van der Waals surface area contributed by atoms with Gasteiger partial charge in [0.05, 0.1) is 13.2 Å². The molecule has 0 aromatic heterocycles. The topological polar surface area (TPSA) is 55.8 Å². The lowest BCUT2D eigenvalue weighted by Gasteiger charge is -2.11. The number of carbonyl (C=O) groups is 1. The zero-order valence-corrected chi connectivity index (χ0v) is 8.89. The Bertz CT molecular complexity index is 369. The smallest absolute Gasteiger partial charge is 0.339 e. The number of rotatable bonds is 4. The summed E-state index contributed by atoms with van der Waals surface area (Å²) in [5.74, 6) is -0.151. The Balaban J connectivity index is 2.00. The van der Waals surface area contributed by atoms with E-state index >= 15 is 0 Å². The molecular formula is C12H14O4. The molecule has 1 fully saturated rings. The molecule has 0 aliphatic carbocycles. The molecule has 1 N–H and O–H groups in total. The highest BCUT2D eigenvalue weighted by atomic mass is 16.5. The van der Waals surface area contributed by atoms with E-state index in [1.165, 1.54) is 0 Å². The number of carboxylic acids is 1. The summed E-state index contributed by atoms with van der Waals surface area (Å²) in [5, 5.41) is 8.95. The summed E-state index contributed by atoms with van der Waals surface area (Å²) in [5.41, 5.74) is 0.210. The van der Waals surface area contributed by atoms with Crippen LogP contribution in [0.2, 0.25) is 0 Å². The first-order valence-corrected chi connectivity index (χ1v) is 5.30. The van der Waals surface area contributed by atoms with Gasteiger partial charge in [-0.2, -0.15) is 0 Å². The van der Waals surface area contributed by atoms with Gasteiger partial charge in [-0.3, -0.25) is 0 Å². The van der Waals surface area contributed by atoms with Gasteiger partial charge in [-0.25, -0.2) is 4.79 Å². The van der Waals surface area contributed by atoms with Gasteiger partial charge in [0, 0.05) is 12.5 Å². The number of aromatic carboxylic acids is 1. The third kappa shape index (κ3) is 2.52. The lowest BCUT2D eigenvalue weighted by atomic mass is 10.1. The van der Waals surface area contributed by atoms with Crippen LogP contribution in [0.1, 0.15) is 16.8 Å². The summed E-state index contributed by atoms with van der Waals surface area (Å²) in [6.45, 7) is 1.99. The van der Waals surface area contributed by atoms with Crippen molar-refractivity contribution in [3.63, 3.8) is 0 Å². The number of benzene rings is 1. The molecule has 1 heterocycles. The monoisotopic (exact) mass is 222 g/mol. The van der Waals surface area contributed by atoms with Crippen molar-refractivity contribution in [2.75, 3.05) is 19.8 Å². The fourth-order valence-electron chi connectivity index (χ4n) is 1.69. The lowest BCUT2D eigenvalue weighted by molar-refractivity contribution is 0.0691. The van der Waals surface area contributed by atoms with Crippen LogP contribution in [-0.2, 0) is 4.74 Å². The van der Waals surface area contributed by atoms with Crippen LogP contribution in [0.4, 0.5) is 0 Å². The van der Waals surface area contributed by atoms with Crippen molar-refractivity contribution in [3.8, 4) is 5.75 Å². The average molecular weight is 222 g/mol. The molecule has 1 aliphatic heterocycles. The minimum atomic E-state index is -0.960. The zero-order chi connectivity index (χ0) is 11.4. The first-order chi connectivity index (χ1) is 7.77. The van der Waals surface area contributed by atoms with Crippen LogP contribution in [0.25, 0.3) is 0 Å². The first-order valence-electron chi connectivity index (χ1n) is 5.30. The lowest BCUT2D eigenvalue weighted by Crippen LogP contribution is -2.13. The van der Waals surface area contributed by atoms with Crippen LogP contribution >= 0.6 is 0 Å². The molecule has 4 heteroatoms. The minimum Gasteiger partial charge on any atom is -0.492 e. The highest BCUT2D eigenvalue weighted by Crippen LogP contribution is 2.20. The van der Waals surface area contributed by atoms with Gasteiger partial charge in [0.2, 0.25) is 0 Å². The van der Waals surface area contributed by atoms with Gasteiger partial charge in [0.15, 0.2) is 0 Å². The van der Waals surface area contributed by atoms with Crippen molar-refractivity contribution in [3.05, 3.63) is 29.8 Å². The highest BCUT2D eigenvalue weighted by Gasteiger charge is 2.17. The Labute approximate surface area is 93.8 Å². The van der Waals surface area contributed by atoms with E-state index in [1.807, 2.05) is 0 Å². The van der Waals surface area contributed by atoms with Crippen molar-refractivity contribution in [2.24, 2.45) is 5.92 Å². The Morgan fingerprint density at radius 2 is 2.31 bits per heavy atom. The molecule has 16 heavy (non-hydrogen) atoms. The Morgan fingerprint density at radius 1 is 1.50 bits per heavy atom. The minimum absolute atomic E-state index is 0.210. The van der Waals surface area contributed by atoms with E-state index in [0.29, 0.717) is 24.9 Å². The Morgan fingerprint density at radius 3 is 3.00 bits per heavy atom. The van der Waals surface area contributed by atoms with Crippen molar-refractivity contribution < 1.29 is 19.4 Å². The van der Waals surface area contributed by atoms with E-state index in [-0.39, 0.29) is 5.56 Å². The molecule has 86 valence electrons. The second-order valence-electron chi connectivity index (χ2n) is 3.84. The summed E-state index contributed by atoms with van der Waals surface area (Å²) in [6.07, 6.45) is 0.981. The van der Waals surface area contributed by atoms with Crippen molar-refractivity contribution in [1.82, 2.24) is 0 Å². The molecule has 1 unspecified atom stereocenters. The standard InChI is InChI=1S/C12H14O4/c13-12(14)10-3-1-2-4-11(10)16-8-9-5-6-15-7-9/h1-4,9H,5-8H2,(H,13,14). The molecule has 0 spiro atoms. The number of hydrogen-bond donors (Lipinski definition) is 1. The number of hydrogen-bond acceptors (Lipinski definition) is 3. The van der Waals surface area contributed by atoms with Gasteiger partial charge in [-0.05, 0) is 18.6 Å². The molecule has 1 atom stereocenters. The van der Waals surface area contributed by atoms with Gasteiger partial charge in [0.25, 0.3) is 0 Å². The molecule has 0 radical (unpaired) electrons. The Kier molecular flexibility index (Phi) is 3.41. The third-order valence-corrected chi connectivity index (χ3v) is 2.62. The van der Waals surface area contributed by atoms with Gasteiger partial charge < -0.3 is 14.6 Å². The van der Waals surface area contributed by atoms with Crippen molar-refractivity contribution in [1.29, 1.82) is 0 Å². The van der Waals surface area contributed by atoms with E-state index in [9.17, 15) is 4.79 Å². The summed E-state index contributed by atoms with van der Waals surface area (Å²) < 4.78 is 10.7. The predicted octanol–water partition coefficient (Wildman–Crippen LogP) is 1.80. The van der Waals surface area contributed by atoms with Gasteiger partial charge in [-0.1, -0.05) is 12.1 Å². The molecule has 1 aliphatic rings. The summed E-state index contributed by atoms with van der Waals surface area (Å²) >= 11 is 0. The van der Waals surface area contributed by atoms with Crippen LogP contribution < -0.4 is 4.74 Å². The van der Waals surface area contributed by atoms with Gasteiger partial charge >= 0.3 is 5.97 Å². The normalized spacial score (nSPS) is 19.6. The molecule has 1 saturated heterocycles. The Hall–Kier alpha value is -1.55. The molecule has 0 amide bonds. The first kappa shape index (κ1) is 11.0. The van der Waals surface area contributed by atoms with E-state index in [0.717, 1.165) is 13.0 Å². The second kappa shape index (κ2) is 4.99. The zero-order valence-electron chi connectivity index (χ0n) is 8.89. The SMILES string of the molecule is O=C(O)c1ccccc1OCC1CCOC1. The van der Waals surface area contributed by atoms with Crippen molar-refractivity contribution in [2.45, 2.75) is 6.42 Å². The molecule has 1 aromatic rings. The van der Waals surface area contributed by atoms with Gasteiger partial charge in [0.1, 0.15) is 11.3 Å². The van der Waals surface area contributed by atoms with E-state index in [2.05, 4.69) is 0 Å². The third-order valence-electron chi connectivity index (χ3n) is 2.62. The van der Waals surface area contributed by atoms with Crippen LogP contribution in [0.3, 0.4) is 0 Å². The van der Waals surface area contributed by atoms with Crippen molar-refractivity contribution >= 4 is 5.97 Å². The largest absolute Gasteiger partial charge is 0.492 e. The highest BCUT2D eigenvalue weighted by molar-refractivity contribution is 5.90. The van der Waals surface area contributed by atoms with Gasteiger partial charge in [-0.15, -0.1) is 0 Å². The van der Waals surface area contributed by atoms with Crippen LogP contribution in [-0.4, -0.2) is 30.9 Å². The number of para-hydroxylation sites is 1. The molecule has 2 rings (SSSR count). The molecule has 0 bridgehead atoms. The molecule has 0 saturated carbocycles. The van der Waals surface area contributed by atoms with Crippen LogP contribution in [0.5, 0.6) is 5.75 Å². The van der Waals surface area contributed by atoms with Crippen LogP contribution in [0.15, 0.2) is 24.3 Å². The fraction of sp³-hybridized carbons (Fsp3) is 0.417. The number of ether oxygens (including phenoxy) is 2. The second-order valence-corrected chi connectivity index (χ2v) is 3.84. The fourth-order valence-corrected chi connectivity index (χ4v) is 1.69. The van der Waals surface area contributed by atoms with E-state index in [4.69, 9.17) is 14.6 Å². The summed E-state index contributed by atoms with van der Waals surface area (Å²) in [4.78, 5) is 10.9. The summed E-state index contributed by atoms with van der Waals surface area (Å²) in [7, 11) is 0. The quantitative estimate of drug-likeness (QED) is 0.844. The summed E-state index contributed by atoms with van der Waals surface area (Å²) in [6, 6.07) is 6.68. The number of carboxylic acid groups (broad SMARTS) is 1. The maximum atomic E-state index is 10.9. The van der Waals surface area contributed by atoms with E-state index in [1.54, 1.807) is 24.3 Å². The molecular weight excluding hydrogens is 208 g/mol. The van der Waals surface area contributed by atoms with E-state index < -0.39 is 5.97 Å². The molecule has 1 aromatic carbocycles. The maximum Gasteiger partial charge on any atom is 0.339 e. The average Bonchev–Trinajstić information content (AvgIpc) is 2.79. The van der Waals surface area contributed by atoms with Crippen LogP contribution in [0, 0.1) is 5.92 Å².